The highest BCUT2D eigenvalue weighted by Crippen LogP contribution is 2.16. The largest absolute Gasteiger partial charge is 0.348 e. The SMILES string of the molecule is CCCN(CC(=O)N(C)C)CC(C#N)c1ccccc1. The highest BCUT2D eigenvalue weighted by atomic mass is 16.2. The minimum atomic E-state index is -0.197. The van der Waals surface area contributed by atoms with Gasteiger partial charge in [0.1, 0.15) is 0 Å². The summed E-state index contributed by atoms with van der Waals surface area (Å²) in [6.07, 6.45) is 0.966. The highest BCUT2D eigenvalue weighted by Gasteiger charge is 2.18. The van der Waals surface area contributed by atoms with Crippen LogP contribution in [-0.2, 0) is 4.79 Å². The summed E-state index contributed by atoms with van der Waals surface area (Å²) < 4.78 is 0. The summed E-state index contributed by atoms with van der Waals surface area (Å²) >= 11 is 0. The van der Waals surface area contributed by atoms with E-state index in [0.29, 0.717) is 13.1 Å². The molecule has 0 aromatic heterocycles. The third-order valence-corrected chi connectivity index (χ3v) is 3.20. The van der Waals surface area contributed by atoms with Gasteiger partial charge in [0.15, 0.2) is 0 Å². The molecule has 1 rings (SSSR count). The molecule has 0 aliphatic carbocycles. The number of carbonyl (C=O) groups is 1. The van der Waals surface area contributed by atoms with E-state index in [1.54, 1.807) is 19.0 Å². The fraction of sp³-hybridized carbons (Fsp3) is 0.500. The number of amides is 1. The predicted octanol–water partition coefficient (Wildman–Crippen LogP) is 2.09. The van der Waals surface area contributed by atoms with E-state index in [4.69, 9.17) is 0 Å². The summed E-state index contributed by atoms with van der Waals surface area (Å²) in [4.78, 5) is 15.5. The number of nitrogens with zero attached hydrogens (tertiary/aromatic N) is 3. The third kappa shape index (κ3) is 5.02. The zero-order valence-electron chi connectivity index (χ0n) is 12.5. The summed E-state index contributed by atoms with van der Waals surface area (Å²) in [5.74, 6) is -0.124. The van der Waals surface area contributed by atoms with Gasteiger partial charge in [0, 0.05) is 20.6 Å². The molecule has 1 aromatic rings. The molecule has 4 nitrogen and oxygen atoms in total. The van der Waals surface area contributed by atoms with Crippen LogP contribution >= 0.6 is 0 Å². The molecule has 0 heterocycles. The van der Waals surface area contributed by atoms with Crippen LogP contribution in [0.2, 0.25) is 0 Å². The monoisotopic (exact) mass is 273 g/mol. The number of benzene rings is 1. The molecule has 20 heavy (non-hydrogen) atoms. The number of rotatable bonds is 7. The van der Waals surface area contributed by atoms with Crippen molar-refractivity contribution in [2.45, 2.75) is 19.3 Å². The van der Waals surface area contributed by atoms with E-state index in [9.17, 15) is 10.1 Å². The van der Waals surface area contributed by atoms with Crippen LogP contribution in [0.3, 0.4) is 0 Å². The first-order valence-electron chi connectivity index (χ1n) is 6.95. The molecule has 1 atom stereocenters. The van der Waals surface area contributed by atoms with Gasteiger partial charge in [-0.3, -0.25) is 9.69 Å². The quantitative estimate of drug-likeness (QED) is 0.764. The zero-order valence-corrected chi connectivity index (χ0v) is 12.5. The van der Waals surface area contributed by atoms with Gasteiger partial charge < -0.3 is 4.90 Å². The molecule has 1 unspecified atom stereocenters. The maximum atomic E-state index is 11.8. The lowest BCUT2D eigenvalue weighted by molar-refractivity contribution is -0.129. The Morgan fingerprint density at radius 1 is 1.30 bits per heavy atom. The maximum Gasteiger partial charge on any atom is 0.236 e. The van der Waals surface area contributed by atoms with Crippen molar-refractivity contribution in [3.8, 4) is 6.07 Å². The normalized spacial score (nSPS) is 11.9. The molecular formula is C16H23N3O. The third-order valence-electron chi connectivity index (χ3n) is 3.20. The standard InChI is InChI=1S/C16H23N3O/c1-4-10-19(13-16(20)18(2)3)12-15(11-17)14-8-6-5-7-9-14/h5-9,15H,4,10,12-13H2,1-3H3. The Morgan fingerprint density at radius 2 is 1.95 bits per heavy atom. The second-order valence-corrected chi connectivity index (χ2v) is 5.12. The van der Waals surface area contributed by atoms with Crippen molar-refractivity contribution in [3.05, 3.63) is 35.9 Å². The van der Waals surface area contributed by atoms with E-state index in [0.717, 1.165) is 18.5 Å². The number of hydrogen-bond acceptors (Lipinski definition) is 3. The van der Waals surface area contributed by atoms with Crippen molar-refractivity contribution < 1.29 is 4.79 Å². The van der Waals surface area contributed by atoms with E-state index >= 15 is 0 Å². The van der Waals surface area contributed by atoms with E-state index in [2.05, 4.69) is 17.9 Å². The Morgan fingerprint density at radius 3 is 2.45 bits per heavy atom. The molecule has 0 saturated carbocycles. The van der Waals surface area contributed by atoms with E-state index in [1.165, 1.54) is 0 Å². The van der Waals surface area contributed by atoms with Crippen molar-refractivity contribution >= 4 is 5.91 Å². The van der Waals surface area contributed by atoms with Crippen LogP contribution in [-0.4, -0.2) is 49.4 Å². The van der Waals surface area contributed by atoms with E-state index in [-0.39, 0.29) is 11.8 Å². The van der Waals surface area contributed by atoms with Gasteiger partial charge >= 0.3 is 0 Å². The second kappa shape index (κ2) is 8.34. The molecule has 0 aliphatic heterocycles. The average Bonchev–Trinajstić information content (AvgIpc) is 2.45. The Balaban J connectivity index is 2.73. The summed E-state index contributed by atoms with van der Waals surface area (Å²) in [5, 5.41) is 9.37. The fourth-order valence-corrected chi connectivity index (χ4v) is 2.05. The van der Waals surface area contributed by atoms with Crippen molar-refractivity contribution in [2.75, 3.05) is 33.7 Å². The molecule has 0 spiro atoms. The first-order valence-corrected chi connectivity index (χ1v) is 6.95. The minimum absolute atomic E-state index is 0.0724. The van der Waals surface area contributed by atoms with Crippen LogP contribution in [0.25, 0.3) is 0 Å². The second-order valence-electron chi connectivity index (χ2n) is 5.12. The van der Waals surface area contributed by atoms with Gasteiger partial charge in [-0.15, -0.1) is 0 Å². The molecule has 0 fully saturated rings. The van der Waals surface area contributed by atoms with Crippen molar-refractivity contribution in [2.24, 2.45) is 0 Å². The van der Waals surface area contributed by atoms with Gasteiger partial charge in [-0.2, -0.15) is 5.26 Å². The highest BCUT2D eigenvalue weighted by molar-refractivity contribution is 5.77. The van der Waals surface area contributed by atoms with Crippen LogP contribution in [0.4, 0.5) is 0 Å². The Bertz CT molecular complexity index is 451. The van der Waals surface area contributed by atoms with Crippen LogP contribution in [0.15, 0.2) is 30.3 Å². The van der Waals surface area contributed by atoms with Gasteiger partial charge in [-0.1, -0.05) is 37.3 Å². The van der Waals surface area contributed by atoms with Crippen LogP contribution in [0.5, 0.6) is 0 Å². The maximum absolute atomic E-state index is 11.8. The summed E-state index contributed by atoms with van der Waals surface area (Å²) in [7, 11) is 3.51. The zero-order chi connectivity index (χ0) is 15.0. The number of nitriles is 1. The lowest BCUT2D eigenvalue weighted by Crippen LogP contribution is -2.39. The molecule has 1 amide bonds. The molecular weight excluding hydrogens is 250 g/mol. The Labute approximate surface area is 121 Å². The molecule has 1 aromatic carbocycles. The smallest absolute Gasteiger partial charge is 0.236 e. The van der Waals surface area contributed by atoms with Crippen LogP contribution < -0.4 is 0 Å². The van der Waals surface area contributed by atoms with Gasteiger partial charge in [0.2, 0.25) is 5.91 Å². The van der Waals surface area contributed by atoms with Crippen molar-refractivity contribution in [1.29, 1.82) is 5.26 Å². The molecule has 0 N–H and O–H groups in total. The van der Waals surface area contributed by atoms with Gasteiger partial charge in [0.25, 0.3) is 0 Å². The average molecular weight is 273 g/mol. The Kier molecular flexibility index (Phi) is 6.75. The predicted molar refractivity (Wildman–Crippen MR) is 80.2 cm³/mol. The van der Waals surface area contributed by atoms with Crippen LogP contribution in [0, 0.1) is 11.3 Å². The summed E-state index contributed by atoms with van der Waals surface area (Å²) in [5.41, 5.74) is 1.01. The molecule has 0 saturated heterocycles. The first kappa shape index (κ1) is 16.2. The van der Waals surface area contributed by atoms with Crippen molar-refractivity contribution in [3.63, 3.8) is 0 Å². The first-order chi connectivity index (χ1) is 9.58. The molecule has 0 radical (unpaired) electrons. The minimum Gasteiger partial charge on any atom is -0.348 e. The lowest BCUT2D eigenvalue weighted by Gasteiger charge is -2.25. The summed E-state index contributed by atoms with van der Waals surface area (Å²) in [6.45, 7) is 3.86. The lowest BCUT2D eigenvalue weighted by atomic mass is 10.00. The van der Waals surface area contributed by atoms with Gasteiger partial charge in [-0.25, -0.2) is 0 Å². The number of likely N-dealkylation sites (N-methyl/N-ethyl adjacent to an activating group) is 1. The van der Waals surface area contributed by atoms with Gasteiger partial charge in [0.05, 0.1) is 18.5 Å². The van der Waals surface area contributed by atoms with E-state index < -0.39 is 0 Å². The summed E-state index contributed by atoms with van der Waals surface area (Å²) in [6, 6.07) is 12.1. The van der Waals surface area contributed by atoms with Crippen molar-refractivity contribution in [1.82, 2.24) is 9.80 Å². The topological polar surface area (TPSA) is 47.3 Å². The molecule has 0 aliphatic rings. The molecule has 0 bridgehead atoms. The number of carbonyl (C=O) groups excluding carboxylic acids is 1. The van der Waals surface area contributed by atoms with Crippen LogP contribution in [0.1, 0.15) is 24.8 Å². The van der Waals surface area contributed by atoms with Gasteiger partial charge in [-0.05, 0) is 18.5 Å². The Hall–Kier alpha value is -1.86. The van der Waals surface area contributed by atoms with E-state index in [1.807, 2.05) is 30.3 Å². The number of hydrogen-bond donors (Lipinski definition) is 0. The molecule has 4 heteroatoms. The fourth-order valence-electron chi connectivity index (χ4n) is 2.05. The molecule has 108 valence electrons.